The number of carbonyl (C=O) groups is 1. The van der Waals surface area contributed by atoms with E-state index in [4.69, 9.17) is 14.2 Å². The SMILES string of the molecule is CC.Cc1noc(C)c1-c1cc(C)c2nc(C3CC3)n(C(=O)OC(C)(C)C)c2c1. The molecular weight excluding hydrogens is 366 g/mol. The van der Waals surface area contributed by atoms with E-state index in [0.717, 1.165) is 57.8 Å². The van der Waals surface area contributed by atoms with E-state index in [1.54, 1.807) is 4.57 Å². The normalized spacial score (nSPS) is 13.9. The maximum Gasteiger partial charge on any atom is 0.420 e. The molecule has 1 aromatic carbocycles. The molecule has 1 fully saturated rings. The number of hydrogen-bond acceptors (Lipinski definition) is 5. The molecule has 2 aromatic heterocycles. The highest BCUT2D eigenvalue weighted by Crippen LogP contribution is 2.42. The standard InChI is InChI=1S/C21H25N3O3.C2H6/c1-11-9-15(17-12(2)23-27-13(17)3)10-16-18(11)22-19(14-7-8-14)24(16)20(25)26-21(4,5)6;1-2/h9-10,14H,7-8H2,1-6H3;1-2H3. The van der Waals surface area contributed by atoms with E-state index in [0.29, 0.717) is 5.92 Å². The van der Waals surface area contributed by atoms with Gasteiger partial charge in [-0.2, -0.15) is 0 Å². The van der Waals surface area contributed by atoms with E-state index in [9.17, 15) is 4.79 Å². The molecule has 1 aliphatic rings. The zero-order valence-corrected chi connectivity index (χ0v) is 18.7. The molecule has 1 saturated carbocycles. The summed E-state index contributed by atoms with van der Waals surface area (Å²) in [6.07, 6.45) is 1.74. The highest BCUT2D eigenvalue weighted by atomic mass is 16.6. The summed E-state index contributed by atoms with van der Waals surface area (Å²) in [5.41, 5.74) is 4.85. The lowest BCUT2D eigenvalue weighted by molar-refractivity contribution is 0.0539. The van der Waals surface area contributed by atoms with Crippen LogP contribution in [0.5, 0.6) is 0 Å². The van der Waals surface area contributed by atoms with Crippen molar-refractivity contribution in [1.29, 1.82) is 0 Å². The molecule has 0 saturated heterocycles. The van der Waals surface area contributed by atoms with E-state index < -0.39 is 5.60 Å². The fourth-order valence-corrected chi connectivity index (χ4v) is 3.52. The maximum absolute atomic E-state index is 13.0. The van der Waals surface area contributed by atoms with Gasteiger partial charge in [-0.05, 0) is 77.6 Å². The second-order valence-electron chi connectivity index (χ2n) is 8.42. The van der Waals surface area contributed by atoms with Gasteiger partial charge in [0, 0.05) is 11.5 Å². The fraction of sp³-hybridized carbons (Fsp3) is 0.522. The minimum atomic E-state index is -0.567. The number of aryl methyl sites for hydroxylation is 3. The van der Waals surface area contributed by atoms with Crippen molar-refractivity contribution in [3.8, 4) is 11.1 Å². The molecule has 0 amide bonds. The van der Waals surface area contributed by atoms with E-state index in [1.165, 1.54) is 0 Å². The summed E-state index contributed by atoms with van der Waals surface area (Å²) >= 11 is 0. The van der Waals surface area contributed by atoms with Crippen molar-refractivity contribution in [2.24, 2.45) is 0 Å². The molecular formula is C23H31N3O3. The second-order valence-corrected chi connectivity index (χ2v) is 8.42. The van der Waals surface area contributed by atoms with Crippen LogP contribution in [-0.2, 0) is 4.74 Å². The molecule has 1 aliphatic carbocycles. The van der Waals surface area contributed by atoms with Gasteiger partial charge in [-0.15, -0.1) is 0 Å². The summed E-state index contributed by atoms with van der Waals surface area (Å²) in [7, 11) is 0. The Balaban J connectivity index is 0.00000117. The van der Waals surface area contributed by atoms with Gasteiger partial charge in [0.05, 0.1) is 16.7 Å². The lowest BCUT2D eigenvalue weighted by Crippen LogP contribution is -2.28. The number of benzene rings is 1. The summed E-state index contributed by atoms with van der Waals surface area (Å²) in [5.74, 6) is 1.89. The first kappa shape index (κ1) is 21.1. The number of imidazole rings is 1. The quantitative estimate of drug-likeness (QED) is 0.507. The molecule has 0 atom stereocenters. The lowest BCUT2D eigenvalue weighted by Gasteiger charge is -2.20. The average Bonchev–Trinajstić information content (AvgIpc) is 3.32. The molecule has 6 nitrogen and oxygen atoms in total. The number of nitrogens with zero attached hydrogens (tertiary/aromatic N) is 3. The number of aromatic nitrogens is 3. The topological polar surface area (TPSA) is 70.2 Å². The number of rotatable bonds is 2. The van der Waals surface area contributed by atoms with Crippen molar-refractivity contribution < 1.29 is 14.1 Å². The van der Waals surface area contributed by atoms with Crippen LogP contribution in [0, 0.1) is 20.8 Å². The summed E-state index contributed by atoms with van der Waals surface area (Å²) in [4.78, 5) is 17.8. The minimum Gasteiger partial charge on any atom is -0.443 e. The summed E-state index contributed by atoms with van der Waals surface area (Å²) in [6.45, 7) is 15.5. The van der Waals surface area contributed by atoms with Crippen LogP contribution in [0.25, 0.3) is 22.2 Å². The molecule has 2 heterocycles. The van der Waals surface area contributed by atoms with Crippen molar-refractivity contribution in [3.63, 3.8) is 0 Å². The van der Waals surface area contributed by atoms with E-state index in [2.05, 4.69) is 11.2 Å². The Morgan fingerprint density at radius 3 is 2.34 bits per heavy atom. The second kappa shape index (κ2) is 7.65. The van der Waals surface area contributed by atoms with Gasteiger partial charge in [-0.1, -0.05) is 19.0 Å². The Hall–Kier alpha value is -2.63. The smallest absolute Gasteiger partial charge is 0.420 e. The molecule has 0 spiro atoms. The third-order valence-corrected chi connectivity index (χ3v) is 4.82. The van der Waals surface area contributed by atoms with Crippen LogP contribution in [0.2, 0.25) is 0 Å². The molecule has 29 heavy (non-hydrogen) atoms. The average molecular weight is 398 g/mol. The molecule has 0 N–H and O–H groups in total. The van der Waals surface area contributed by atoms with Gasteiger partial charge in [0.1, 0.15) is 17.2 Å². The summed E-state index contributed by atoms with van der Waals surface area (Å²) in [6, 6.07) is 4.08. The minimum absolute atomic E-state index is 0.326. The predicted octanol–water partition coefficient (Wildman–Crippen LogP) is 6.30. The third kappa shape index (κ3) is 4.07. The third-order valence-electron chi connectivity index (χ3n) is 4.82. The molecule has 3 aromatic rings. The van der Waals surface area contributed by atoms with Crippen molar-refractivity contribution in [3.05, 3.63) is 35.0 Å². The molecule has 0 aliphatic heterocycles. The summed E-state index contributed by atoms with van der Waals surface area (Å²) < 4.78 is 12.7. The van der Waals surface area contributed by atoms with Crippen molar-refractivity contribution in [1.82, 2.24) is 14.7 Å². The van der Waals surface area contributed by atoms with E-state index >= 15 is 0 Å². The maximum atomic E-state index is 13.0. The molecule has 0 bridgehead atoms. The first-order valence-corrected chi connectivity index (χ1v) is 10.4. The molecule has 6 heteroatoms. The number of ether oxygens (including phenoxy) is 1. The Morgan fingerprint density at radius 1 is 1.17 bits per heavy atom. The molecule has 0 unspecified atom stereocenters. The van der Waals surface area contributed by atoms with Crippen molar-refractivity contribution in [2.75, 3.05) is 0 Å². The van der Waals surface area contributed by atoms with Gasteiger partial charge in [-0.25, -0.2) is 14.3 Å². The first-order chi connectivity index (χ1) is 13.7. The van der Waals surface area contributed by atoms with Gasteiger partial charge < -0.3 is 9.26 Å². The largest absolute Gasteiger partial charge is 0.443 e. The Bertz CT molecular complexity index is 1030. The van der Waals surface area contributed by atoms with Crippen LogP contribution in [0.15, 0.2) is 16.7 Å². The Morgan fingerprint density at radius 2 is 1.83 bits per heavy atom. The monoisotopic (exact) mass is 397 g/mol. The van der Waals surface area contributed by atoms with Crippen LogP contribution in [0.3, 0.4) is 0 Å². The van der Waals surface area contributed by atoms with Crippen molar-refractivity contribution >= 4 is 17.1 Å². The predicted molar refractivity (Wildman–Crippen MR) is 114 cm³/mol. The Kier molecular flexibility index (Phi) is 5.57. The van der Waals surface area contributed by atoms with Gasteiger partial charge in [0.2, 0.25) is 0 Å². The highest BCUT2D eigenvalue weighted by Gasteiger charge is 2.33. The zero-order chi connectivity index (χ0) is 21.5. The van der Waals surface area contributed by atoms with E-state index in [-0.39, 0.29) is 6.09 Å². The molecule has 4 rings (SSSR count). The van der Waals surface area contributed by atoms with Gasteiger partial charge in [-0.3, -0.25) is 0 Å². The van der Waals surface area contributed by atoms with Crippen LogP contribution >= 0.6 is 0 Å². The number of carbonyl (C=O) groups excluding carboxylic acids is 1. The van der Waals surface area contributed by atoms with E-state index in [1.807, 2.05) is 61.5 Å². The van der Waals surface area contributed by atoms with Crippen LogP contribution in [-0.4, -0.2) is 26.4 Å². The zero-order valence-electron chi connectivity index (χ0n) is 18.7. The summed E-state index contributed by atoms with van der Waals surface area (Å²) in [5, 5.41) is 4.06. The lowest BCUT2D eigenvalue weighted by atomic mass is 10.0. The van der Waals surface area contributed by atoms with Crippen molar-refractivity contribution in [2.45, 2.75) is 79.8 Å². The first-order valence-electron chi connectivity index (χ1n) is 10.4. The molecule has 156 valence electrons. The van der Waals surface area contributed by atoms with Crippen LogP contribution < -0.4 is 0 Å². The van der Waals surface area contributed by atoms with Crippen LogP contribution in [0.1, 0.15) is 76.2 Å². The van der Waals surface area contributed by atoms with Crippen LogP contribution in [0.4, 0.5) is 4.79 Å². The molecule has 0 radical (unpaired) electrons. The van der Waals surface area contributed by atoms with Gasteiger partial charge >= 0.3 is 6.09 Å². The number of hydrogen-bond donors (Lipinski definition) is 0. The highest BCUT2D eigenvalue weighted by molar-refractivity contribution is 5.93. The Labute approximate surface area is 172 Å². The fourth-order valence-electron chi connectivity index (χ4n) is 3.52. The van der Waals surface area contributed by atoms with Gasteiger partial charge in [0.25, 0.3) is 0 Å². The van der Waals surface area contributed by atoms with Gasteiger partial charge in [0.15, 0.2) is 0 Å². The number of fused-ring (bicyclic) bond motifs is 1.